The molecule has 4 aromatic rings. The van der Waals surface area contributed by atoms with E-state index in [1.165, 1.54) is 23.2 Å². The Balaban J connectivity index is 0.770. The monoisotopic (exact) mass is 916 g/mol. The molecule has 0 spiro atoms. The van der Waals surface area contributed by atoms with Gasteiger partial charge in [0, 0.05) is 28.5 Å². The molecule has 19 nitrogen and oxygen atoms in total. The molecule has 3 aromatic carbocycles. The number of aryl methyl sites for hydroxylation is 2. The van der Waals surface area contributed by atoms with Crippen LogP contribution in [0.25, 0.3) is 10.8 Å². The lowest BCUT2D eigenvalue weighted by atomic mass is 9.99. The first kappa shape index (κ1) is 42.7. The minimum Gasteiger partial charge on any atom is -0.491 e. The van der Waals surface area contributed by atoms with Crippen molar-refractivity contribution in [2.24, 2.45) is 5.92 Å². The number of fused-ring (bicyclic) bond motifs is 6. The van der Waals surface area contributed by atoms with Crippen LogP contribution in [0.2, 0.25) is 0 Å². The summed E-state index contributed by atoms with van der Waals surface area (Å²) >= 11 is 3.50. The zero-order chi connectivity index (χ0) is 43.5. The number of hydrogen-bond acceptors (Lipinski definition) is 13. The summed E-state index contributed by atoms with van der Waals surface area (Å²) in [7, 11) is 0. The van der Waals surface area contributed by atoms with Gasteiger partial charge in [0.1, 0.15) is 43.5 Å². The van der Waals surface area contributed by atoms with Gasteiger partial charge < -0.3 is 38.8 Å². The summed E-state index contributed by atoms with van der Waals surface area (Å²) in [6, 6.07) is 9.72. The van der Waals surface area contributed by atoms with Crippen LogP contribution in [-0.2, 0) is 23.8 Å². The standard InChI is InChI=1S/C42H45BrN8O11/c1-24-15-36(33(18-32(24)43)46-41(54)47-37-20-44-25(2)19-45-37)62-22-29-21-48(9-10-60-29)38(52)23-59-12-11-58-13-14-61-28-5-6-30-31(17-28)34(7-8-35(30)51(56)57)50-40(53)39-26-3-4-27(16-26)49(39)42(50)55/h5-8,15,17-20,26-27,29,39H,3-4,9-14,16,21-23H2,1-2H3,(H2,45,46,47,54)/t26-,27+,29-,39+/m0/s1. The number of non-ortho nitro benzene ring substituents is 1. The Morgan fingerprint density at radius 3 is 2.58 bits per heavy atom. The van der Waals surface area contributed by atoms with Gasteiger partial charge >= 0.3 is 12.1 Å². The number of benzene rings is 3. The van der Waals surface area contributed by atoms with Gasteiger partial charge in [0.25, 0.3) is 11.6 Å². The van der Waals surface area contributed by atoms with Gasteiger partial charge in [-0.1, -0.05) is 15.9 Å². The van der Waals surface area contributed by atoms with Crippen molar-refractivity contribution in [2.45, 2.75) is 51.3 Å². The number of piperidine rings is 1. The first-order valence-corrected chi connectivity index (χ1v) is 21.1. The summed E-state index contributed by atoms with van der Waals surface area (Å²) in [6.07, 6.45) is 5.20. The third-order valence-corrected chi connectivity index (χ3v) is 12.2. The summed E-state index contributed by atoms with van der Waals surface area (Å²) < 4.78 is 29.9. The molecule has 4 aliphatic rings. The molecule has 2 bridgehead atoms. The number of nitro groups is 1. The summed E-state index contributed by atoms with van der Waals surface area (Å²) in [5.41, 5.74) is 2.18. The minimum atomic E-state index is -0.524. The molecule has 4 heterocycles. The fraction of sp³-hybridized carbons (Fsp3) is 0.429. The molecule has 1 aliphatic carbocycles. The zero-order valence-corrected chi connectivity index (χ0v) is 35.6. The number of nitro benzene ring substituents is 1. The van der Waals surface area contributed by atoms with E-state index in [9.17, 15) is 29.3 Å². The van der Waals surface area contributed by atoms with E-state index in [4.69, 9.17) is 23.7 Å². The van der Waals surface area contributed by atoms with E-state index < -0.39 is 23.1 Å². The van der Waals surface area contributed by atoms with Gasteiger partial charge in [-0.15, -0.1) is 0 Å². The second-order valence-electron chi connectivity index (χ2n) is 15.5. The number of aromatic nitrogens is 2. The SMILES string of the molecule is Cc1cnc(NC(=O)Nc2cc(Br)c(C)cc2OC[C@@H]2CN(C(=O)COCCOCCOc3ccc4c([N+](=O)[O-])ccc(N5C(=O)[C@H]6[C@H]7CC[C@H](C7)N6C5=O)c4c3)CCO2)cn1. The number of nitrogens with zero attached hydrogens (tertiary/aromatic N) is 6. The molecule has 2 N–H and O–H groups in total. The number of nitrogens with one attached hydrogen (secondary N) is 2. The topological polar surface area (TPSA) is 217 Å². The number of carbonyl (C=O) groups excluding carboxylic acids is 4. The van der Waals surface area contributed by atoms with Crippen LogP contribution in [0.4, 0.5) is 32.5 Å². The lowest BCUT2D eigenvalue weighted by Gasteiger charge is -2.33. The first-order chi connectivity index (χ1) is 29.9. The summed E-state index contributed by atoms with van der Waals surface area (Å²) in [5, 5.41) is 18.0. The van der Waals surface area contributed by atoms with Crippen LogP contribution in [0.1, 0.15) is 30.5 Å². The highest BCUT2D eigenvalue weighted by Crippen LogP contribution is 2.48. The molecule has 1 aromatic heterocycles. The first-order valence-electron chi connectivity index (χ1n) is 20.3. The molecule has 62 heavy (non-hydrogen) atoms. The molecule has 3 saturated heterocycles. The lowest BCUT2D eigenvalue weighted by molar-refractivity contribution is -0.383. The Bertz CT molecular complexity index is 2360. The largest absolute Gasteiger partial charge is 0.491 e. The van der Waals surface area contributed by atoms with Crippen LogP contribution in [0, 0.1) is 29.9 Å². The number of amides is 6. The molecule has 326 valence electrons. The number of anilines is 3. The van der Waals surface area contributed by atoms with Crippen molar-refractivity contribution in [3.05, 3.63) is 80.7 Å². The summed E-state index contributed by atoms with van der Waals surface area (Å²) in [4.78, 5) is 77.0. The number of hydrogen-bond donors (Lipinski definition) is 2. The lowest BCUT2D eigenvalue weighted by Crippen LogP contribution is -2.48. The van der Waals surface area contributed by atoms with Crippen LogP contribution in [0.15, 0.2) is 59.3 Å². The van der Waals surface area contributed by atoms with Gasteiger partial charge in [0.05, 0.1) is 72.7 Å². The predicted octanol–water partition coefficient (Wildman–Crippen LogP) is 5.60. The molecular weight excluding hydrogens is 872 g/mol. The predicted molar refractivity (Wildman–Crippen MR) is 227 cm³/mol. The van der Waals surface area contributed by atoms with E-state index in [1.807, 2.05) is 6.92 Å². The minimum absolute atomic E-state index is 0.0440. The van der Waals surface area contributed by atoms with Gasteiger partial charge in [0.2, 0.25) is 5.91 Å². The molecule has 4 atom stereocenters. The van der Waals surface area contributed by atoms with Crippen LogP contribution in [-0.4, -0.2) is 126 Å². The van der Waals surface area contributed by atoms with Gasteiger partial charge in [-0.3, -0.25) is 30.0 Å². The highest BCUT2D eigenvalue weighted by Gasteiger charge is 2.59. The van der Waals surface area contributed by atoms with Crippen molar-refractivity contribution < 1.29 is 47.8 Å². The van der Waals surface area contributed by atoms with Crippen molar-refractivity contribution in [3.8, 4) is 11.5 Å². The number of rotatable bonds is 16. The van der Waals surface area contributed by atoms with Crippen molar-refractivity contribution in [3.63, 3.8) is 0 Å². The van der Waals surface area contributed by atoms with E-state index in [2.05, 4.69) is 36.5 Å². The fourth-order valence-corrected chi connectivity index (χ4v) is 8.75. The Kier molecular flexibility index (Phi) is 12.8. The van der Waals surface area contributed by atoms with Crippen LogP contribution >= 0.6 is 15.9 Å². The Labute approximate surface area is 364 Å². The second-order valence-corrected chi connectivity index (χ2v) is 16.3. The molecule has 20 heteroatoms. The van der Waals surface area contributed by atoms with Crippen LogP contribution in [0.5, 0.6) is 11.5 Å². The van der Waals surface area contributed by atoms with Crippen LogP contribution < -0.4 is 25.0 Å². The van der Waals surface area contributed by atoms with Crippen molar-refractivity contribution in [1.82, 2.24) is 19.8 Å². The van der Waals surface area contributed by atoms with Crippen molar-refractivity contribution in [2.75, 3.05) is 74.9 Å². The molecule has 4 fully saturated rings. The number of ether oxygens (including phenoxy) is 5. The maximum absolute atomic E-state index is 13.6. The molecule has 0 radical (unpaired) electrons. The molecule has 8 rings (SSSR count). The fourth-order valence-electron chi connectivity index (χ4n) is 8.40. The van der Waals surface area contributed by atoms with Crippen molar-refractivity contribution in [1.29, 1.82) is 0 Å². The number of imide groups is 1. The molecule has 6 amide bonds. The number of morpholine rings is 1. The van der Waals surface area contributed by atoms with Crippen molar-refractivity contribution >= 4 is 73.5 Å². The van der Waals surface area contributed by atoms with E-state index in [1.54, 1.807) is 53.3 Å². The summed E-state index contributed by atoms with van der Waals surface area (Å²) in [5.74, 6) is 0.739. The van der Waals surface area contributed by atoms with E-state index in [0.29, 0.717) is 47.2 Å². The summed E-state index contributed by atoms with van der Waals surface area (Å²) in [6.45, 7) is 5.35. The Hall–Kier alpha value is -5.96. The smallest absolute Gasteiger partial charge is 0.332 e. The third-order valence-electron chi connectivity index (χ3n) is 11.4. The highest BCUT2D eigenvalue weighted by atomic mass is 79.9. The zero-order valence-electron chi connectivity index (χ0n) is 34.0. The number of carbonyl (C=O) groups is 4. The quantitative estimate of drug-likeness (QED) is 0.0607. The van der Waals surface area contributed by atoms with Gasteiger partial charge in [-0.05, 0) is 81.0 Å². The third kappa shape index (κ3) is 9.13. The van der Waals surface area contributed by atoms with E-state index in [-0.39, 0.29) is 87.1 Å². The maximum Gasteiger partial charge on any atom is 0.332 e. The van der Waals surface area contributed by atoms with E-state index in [0.717, 1.165) is 35.0 Å². The molecular formula is C42H45BrN8O11. The van der Waals surface area contributed by atoms with Gasteiger partial charge in [0.15, 0.2) is 5.82 Å². The van der Waals surface area contributed by atoms with Gasteiger partial charge in [-0.2, -0.15) is 0 Å². The number of halogens is 1. The molecule has 1 saturated carbocycles. The highest BCUT2D eigenvalue weighted by molar-refractivity contribution is 9.10. The Morgan fingerprint density at radius 1 is 0.968 bits per heavy atom. The van der Waals surface area contributed by atoms with Crippen LogP contribution in [0.3, 0.4) is 0 Å². The second kappa shape index (κ2) is 18.6. The molecule has 0 unspecified atom stereocenters. The average molecular weight is 918 g/mol. The Morgan fingerprint density at radius 2 is 1.79 bits per heavy atom. The van der Waals surface area contributed by atoms with Gasteiger partial charge in [-0.25, -0.2) is 19.5 Å². The maximum atomic E-state index is 13.6. The molecule has 3 aliphatic heterocycles. The average Bonchev–Trinajstić information content (AvgIpc) is 3.96. The normalized spacial score (nSPS) is 20.5. The van der Waals surface area contributed by atoms with E-state index >= 15 is 0 Å². The number of urea groups is 2.